The molecule has 1 aromatic carbocycles. The molecule has 20 heavy (non-hydrogen) atoms. The third-order valence-electron chi connectivity index (χ3n) is 4.21. The van der Waals surface area contributed by atoms with Gasteiger partial charge in [0.2, 0.25) is 11.8 Å². The Kier molecular flexibility index (Phi) is 3.72. The van der Waals surface area contributed by atoms with Crippen LogP contribution in [-0.2, 0) is 16.0 Å². The van der Waals surface area contributed by atoms with Gasteiger partial charge in [-0.05, 0) is 42.5 Å². The van der Waals surface area contributed by atoms with Crippen LogP contribution >= 0.6 is 0 Å². The first kappa shape index (κ1) is 13.2. The van der Waals surface area contributed by atoms with Gasteiger partial charge >= 0.3 is 0 Å². The molecule has 0 radical (unpaired) electrons. The van der Waals surface area contributed by atoms with Crippen molar-refractivity contribution in [3.63, 3.8) is 0 Å². The number of fused-ring (bicyclic) bond motifs is 1. The normalized spacial score (nSPS) is 18.5. The van der Waals surface area contributed by atoms with Crippen LogP contribution in [0.5, 0.6) is 0 Å². The van der Waals surface area contributed by atoms with Gasteiger partial charge in [0.1, 0.15) is 0 Å². The van der Waals surface area contributed by atoms with E-state index in [1.165, 1.54) is 32.1 Å². The Morgan fingerprint density at radius 1 is 1.25 bits per heavy atom. The first-order chi connectivity index (χ1) is 9.70. The Morgan fingerprint density at radius 3 is 2.85 bits per heavy atom. The summed E-state index contributed by atoms with van der Waals surface area (Å²) < 4.78 is 0. The van der Waals surface area contributed by atoms with Crippen LogP contribution in [0, 0.1) is 5.92 Å². The monoisotopic (exact) mass is 272 g/mol. The molecule has 0 unspecified atom stereocenters. The fraction of sp³-hybridized carbons (Fsp3) is 0.500. The maximum atomic E-state index is 12.1. The van der Waals surface area contributed by atoms with Crippen LogP contribution in [0.15, 0.2) is 18.2 Å². The molecular formula is C16H20N2O2. The van der Waals surface area contributed by atoms with Gasteiger partial charge in [-0.1, -0.05) is 19.3 Å². The van der Waals surface area contributed by atoms with Crippen LogP contribution in [0.3, 0.4) is 0 Å². The summed E-state index contributed by atoms with van der Waals surface area (Å²) in [5, 5.41) is 5.75. The van der Waals surface area contributed by atoms with E-state index in [1.807, 2.05) is 18.2 Å². The van der Waals surface area contributed by atoms with Gasteiger partial charge in [0.25, 0.3) is 0 Å². The number of amides is 2. The Morgan fingerprint density at radius 2 is 2.05 bits per heavy atom. The third-order valence-corrected chi connectivity index (χ3v) is 4.21. The van der Waals surface area contributed by atoms with Crippen molar-refractivity contribution in [3.05, 3.63) is 23.8 Å². The molecule has 1 saturated carbocycles. The lowest BCUT2D eigenvalue weighted by molar-refractivity contribution is -0.117. The average Bonchev–Trinajstić information content (AvgIpc) is 2.79. The van der Waals surface area contributed by atoms with Gasteiger partial charge in [-0.15, -0.1) is 0 Å². The van der Waals surface area contributed by atoms with Crippen molar-refractivity contribution in [2.24, 2.45) is 5.92 Å². The lowest BCUT2D eigenvalue weighted by Gasteiger charge is -2.20. The number of anilines is 2. The van der Waals surface area contributed by atoms with E-state index < -0.39 is 0 Å². The van der Waals surface area contributed by atoms with E-state index in [0.29, 0.717) is 18.8 Å². The van der Waals surface area contributed by atoms with E-state index in [1.54, 1.807) is 0 Å². The Bertz CT molecular complexity index is 533. The Labute approximate surface area is 118 Å². The van der Waals surface area contributed by atoms with Crippen molar-refractivity contribution in [1.29, 1.82) is 0 Å². The molecule has 1 aliphatic carbocycles. The second-order valence-corrected chi connectivity index (χ2v) is 5.85. The van der Waals surface area contributed by atoms with Gasteiger partial charge in [-0.25, -0.2) is 0 Å². The van der Waals surface area contributed by atoms with E-state index in [4.69, 9.17) is 0 Å². The molecule has 4 nitrogen and oxygen atoms in total. The molecule has 2 amide bonds. The number of carbonyl (C=O) groups excluding carboxylic acids is 2. The van der Waals surface area contributed by atoms with Gasteiger partial charge in [0, 0.05) is 17.8 Å². The largest absolute Gasteiger partial charge is 0.326 e. The maximum Gasteiger partial charge on any atom is 0.228 e. The Balaban J connectivity index is 1.59. The molecular weight excluding hydrogens is 252 g/mol. The topological polar surface area (TPSA) is 58.2 Å². The van der Waals surface area contributed by atoms with Crippen LogP contribution < -0.4 is 10.6 Å². The number of rotatable bonds is 3. The first-order valence-corrected chi connectivity index (χ1v) is 7.43. The molecule has 0 aromatic heterocycles. The molecule has 1 aromatic rings. The average molecular weight is 272 g/mol. The highest BCUT2D eigenvalue weighted by atomic mass is 16.2. The number of carbonyl (C=O) groups is 2. The van der Waals surface area contributed by atoms with Gasteiger partial charge < -0.3 is 10.6 Å². The Hall–Kier alpha value is -1.84. The second-order valence-electron chi connectivity index (χ2n) is 5.85. The molecule has 2 aliphatic rings. The van der Waals surface area contributed by atoms with E-state index in [9.17, 15) is 9.59 Å². The van der Waals surface area contributed by atoms with Crippen LogP contribution in [-0.4, -0.2) is 11.8 Å². The summed E-state index contributed by atoms with van der Waals surface area (Å²) in [6.45, 7) is 0. The van der Waals surface area contributed by atoms with Gasteiger partial charge in [-0.2, -0.15) is 0 Å². The summed E-state index contributed by atoms with van der Waals surface area (Å²) in [6, 6.07) is 5.60. The predicted octanol–water partition coefficient (Wildman–Crippen LogP) is 3.09. The van der Waals surface area contributed by atoms with E-state index in [-0.39, 0.29) is 11.8 Å². The van der Waals surface area contributed by atoms with Crippen molar-refractivity contribution in [2.75, 3.05) is 10.6 Å². The minimum absolute atomic E-state index is 0.0192. The van der Waals surface area contributed by atoms with E-state index in [2.05, 4.69) is 10.6 Å². The highest BCUT2D eigenvalue weighted by molar-refractivity contribution is 6.00. The fourth-order valence-corrected chi connectivity index (χ4v) is 3.17. The minimum Gasteiger partial charge on any atom is -0.326 e. The fourth-order valence-electron chi connectivity index (χ4n) is 3.17. The number of hydrogen-bond donors (Lipinski definition) is 2. The molecule has 1 fully saturated rings. The SMILES string of the molecule is O=C(CC1CCCCC1)Nc1ccc2c(c1)CC(=O)N2. The van der Waals surface area contributed by atoms with Crippen LogP contribution in [0.4, 0.5) is 11.4 Å². The lowest BCUT2D eigenvalue weighted by Crippen LogP contribution is -2.18. The van der Waals surface area contributed by atoms with Crippen LogP contribution in [0.25, 0.3) is 0 Å². The molecule has 2 N–H and O–H groups in total. The highest BCUT2D eigenvalue weighted by Gasteiger charge is 2.19. The van der Waals surface area contributed by atoms with Crippen LogP contribution in [0.1, 0.15) is 44.1 Å². The third kappa shape index (κ3) is 3.00. The van der Waals surface area contributed by atoms with Crippen LogP contribution in [0.2, 0.25) is 0 Å². The summed E-state index contributed by atoms with van der Waals surface area (Å²) in [5.41, 5.74) is 2.62. The van der Waals surface area contributed by atoms with Crippen molar-refractivity contribution < 1.29 is 9.59 Å². The van der Waals surface area contributed by atoms with Crippen molar-refractivity contribution in [2.45, 2.75) is 44.9 Å². The second kappa shape index (κ2) is 5.65. The molecule has 3 rings (SSSR count). The molecule has 1 heterocycles. The van der Waals surface area contributed by atoms with Gasteiger partial charge in [0.15, 0.2) is 0 Å². The summed E-state index contributed by atoms with van der Waals surface area (Å²) in [4.78, 5) is 23.3. The number of hydrogen-bond acceptors (Lipinski definition) is 2. The van der Waals surface area contributed by atoms with Crippen molar-refractivity contribution in [3.8, 4) is 0 Å². The molecule has 1 aliphatic heterocycles. The standard InChI is InChI=1S/C16H20N2O2/c19-15(8-11-4-2-1-3-5-11)17-13-6-7-14-12(9-13)10-16(20)18-14/h6-7,9,11H,1-5,8,10H2,(H,17,19)(H,18,20). The summed E-state index contributed by atoms with van der Waals surface area (Å²) in [5.74, 6) is 0.654. The molecule has 0 bridgehead atoms. The summed E-state index contributed by atoms with van der Waals surface area (Å²) in [7, 11) is 0. The van der Waals surface area contributed by atoms with E-state index >= 15 is 0 Å². The molecule has 0 spiro atoms. The van der Waals surface area contributed by atoms with Crippen molar-refractivity contribution >= 4 is 23.2 Å². The lowest BCUT2D eigenvalue weighted by atomic mass is 9.87. The highest BCUT2D eigenvalue weighted by Crippen LogP contribution is 2.28. The maximum absolute atomic E-state index is 12.1. The minimum atomic E-state index is 0.0192. The predicted molar refractivity (Wildman–Crippen MR) is 78.6 cm³/mol. The zero-order chi connectivity index (χ0) is 13.9. The van der Waals surface area contributed by atoms with Gasteiger partial charge in [-0.3, -0.25) is 9.59 Å². The quantitative estimate of drug-likeness (QED) is 0.888. The zero-order valence-corrected chi connectivity index (χ0v) is 11.6. The molecule has 4 heteroatoms. The zero-order valence-electron chi connectivity index (χ0n) is 11.6. The molecule has 106 valence electrons. The number of nitrogens with one attached hydrogen (secondary N) is 2. The number of benzene rings is 1. The summed E-state index contributed by atoms with van der Waals surface area (Å²) in [6.07, 6.45) is 7.20. The smallest absolute Gasteiger partial charge is 0.228 e. The first-order valence-electron chi connectivity index (χ1n) is 7.43. The van der Waals surface area contributed by atoms with E-state index in [0.717, 1.165) is 16.9 Å². The summed E-state index contributed by atoms with van der Waals surface area (Å²) >= 11 is 0. The van der Waals surface area contributed by atoms with Gasteiger partial charge in [0.05, 0.1) is 6.42 Å². The molecule has 0 atom stereocenters. The molecule has 0 saturated heterocycles. The van der Waals surface area contributed by atoms with Crippen molar-refractivity contribution in [1.82, 2.24) is 0 Å².